The second-order valence-electron chi connectivity index (χ2n) is 6.57. The lowest BCUT2D eigenvalue weighted by Crippen LogP contribution is -2.39. The first-order chi connectivity index (χ1) is 15.1. The average molecular weight is 450 g/mol. The van der Waals surface area contributed by atoms with Crippen molar-refractivity contribution in [3.8, 4) is 5.75 Å². The molecule has 2 aromatic carbocycles. The molecule has 0 heterocycles. The van der Waals surface area contributed by atoms with Gasteiger partial charge in [0.05, 0.1) is 12.7 Å². The number of esters is 1. The maximum Gasteiger partial charge on any atom is 0.416 e. The zero-order valence-electron chi connectivity index (χ0n) is 17.2. The molecule has 0 bridgehead atoms. The molecule has 32 heavy (non-hydrogen) atoms. The van der Waals surface area contributed by atoms with Gasteiger partial charge in [-0.25, -0.2) is 4.79 Å². The van der Waals surface area contributed by atoms with Crippen molar-refractivity contribution in [3.63, 3.8) is 0 Å². The summed E-state index contributed by atoms with van der Waals surface area (Å²) in [5.41, 5.74) is 0.00715. The van der Waals surface area contributed by atoms with Gasteiger partial charge in [-0.05, 0) is 55.0 Å². The topological polar surface area (TPSA) is 93.7 Å². The molecule has 0 saturated carbocycles. The molecule has 2 N–H and O–H groups in total. The number of benzene rings is 2. The van der Waals surface area contributed by atoms with Crippen molar-refractivity contribution in [2.45, 2.75) is 19.1 Å². The summed E-state index contributed by atoms with van der Waals surface area (Å²) >= 11 is 0. The Kier molecular flexibility index (Phi) is 8.39. The van der Waals surface area contributed by atoms with Crippen LogP contribution in [0, 0.1) is 0 Å². The molecule has 170 valence electrons. The minimum atomic E-state index is -4.48. The van der Waals surface area contributed by atoms with Crippen molar-refractivity contribution in [1.82, 2.24) is 5.32 Å². The van der Waals surface area contributed by atoms with E-state index >= 15 is 0 Å². The molecular weight excluding hydrogens is 429 g/mol. The first-order valence-electron chi connectivity index (χ1n) is 9.35. The van der Waals surface area contributed by atoms with E-state index in [4.69, 9.17) is 9.47 Å². The predicted molar refractivity (Wildman–Crippen MR) is 111 cm³/mol. The maximum atomic E-state index is 12.5. The van der Waals surface area contributed by atoms with Gasteiger partial charge in [-0.2, -0.15) is 13.2 Å². The molecule has 0 aromatic heterocycles. The highest BCUT2D eigenvalue weighted by Crippen LogP contribution is 2.29. The van der Waals surface area contributed by atoms with Gasteiger partial charge in [0.15, 0.2) is 6.61 Å². The van der Waals surface area contributed by atoms with Gasteiger partial charge in [0.25, 0.3) is 5.91 Å². The molecule has 2 rings (SSSR count). The second-order valence-corrected chi connectivity index (χ2v) is 6.57. The number of ether oxygens (including phenoxy) is 2. The van der Waals surface area contributed by atoms with Gasteiger partial charge in [0.2, 0.25) is 5.91 Å². The van der Waals surface area contributed by atoms with E-state index in [1.807, 2.05) is 0 Å². The molecule has 0 radical (unpaired) electrons. The largest absolute Gasteiger partial charge is 0.497 e. The van der Waals surface area contributed by atoms with E-state index < -0.39 is 42.2 Å². The third-order valence-electron chi connectivity index (χ3n) is 4.10. The molecule has 7 nitrogen and oxygen atoms in total. The number of halogens is 3. The number of nitrogens with one attached hydrogen (secondary N) is 2. The summed E-state index contributed by atoms with van der Waals surface area (Å²) in [7, 11) is 1.54. The summed E-state index contributed by atoms with van der Waals surface area (Å²) in [5.74, 6) is -1.46. The Morgan fingerprint density at radius 2 is 1.66 bits per heavy atom. The molecular formula is C22H21F3N2O5. The summed E-state index contributed by atoms with van der Waals surface area (Å²) in [6, 6.07) is 9.73. The quantitative estimate of drug-likeness (QED) is 0.475. The van der Waals surface area contributed by atoms with Crippen LogP contribution in [0.5, 0.6) is 5.75 Å². The molecule has 0 saturated heterocycles. The van der Waals surface area contributed by atoms with E-state index in [9.17, 15) is 27.6 Å². The lowest BCUT2D eigenvalue weighted by atomic mass is 10.2. The highest BCUT2D eigenvalue weighted by atomic mass is 19.4. The van der Waals surface area contributed by atoms with E-state index in [1.165, 1.54) is 20.1 Å². The van der Waals surface area contributed by atoms with E-state index in [2.05, 4.69) is 10.6 Å². The molecule has 1 unspecified atom stereocenters. The maximum absolute atomic E-state index is 12.5. The van der Waals surface area contributed by atoms with Crippen LogP contribution in [0.2, 0.25) is 0 Å². The Bertz CT molecular complexity index is 971. The summed E-state index contributed by atoms with van der Waals surface area (Å²) < 4.78 is 47.5. The number of hydrogen-bond acceptors (Lipinski definition) is 5. The summed E-state index contributed by atoms with van der Waals surface area (Å²) in [5, 5.41) is 4.71. The minimum Gasteiger partial charge on any atom is -0.497 e. The molecule has 0 spiro atoms. The number of hydrogen-bond donors (Lipinski definition) is 2. The molecule has 0 aliphatic carbocycles. The van der Waals surface area contributed by atoms with Crippen molar-refractivity contribution in [1.29, 1.82) is 0 Å². The van der Waals surface area contributed by atoms with Crippen molar-refractivity contribution >= 4 is 29.5 Å². The van der Waals surface area contributed by atoms with Gasteiger partial charge in [-0.1, -0.05) is 12.1 Å². The van der Waals surface area contributed by atoms with E-state index in [0.29, 0.717) is 5.75 Å². The Morgan fingerprint density at radius 3 is 2.22 bits per heavy atom. The van der Waals surface area contributed by atoms with Gasteiger partial charge in [-0.15, -0.1) is 0 Å². The van der Waals surface area contributed by atoms with Crippen molar-refractivity contribution in [2.75, 3.05) is 19.0 Å². The van der Waals surface area contributed by atoms with Gasteiger partial charge >= 0.3 is 12.1 Å². The molecule has 1 atom stereocenters. The summed E-state index contributed by atoms with van der Waals surface area (Å²) in [6.45, 7) is 0.719. The molecule has 0 aliphatic heterocycles. The first-order valence-corrected chi connectivity index (χ1v) is 9.35. The first kappa shape index (κ1) is 24.4. The number of amides is 2. The Hall–Kier alpha value is -3.82. The van der Waals surface area contributed by atoms with Crippen molar-refractivity contribution in [3.05, 3.63) is 65.7 Å². The van der Waals surface area contributed by atoms with Crippen LogP contribution >= 0.6 is 0 Å². The molecule has 2 amide bonds. The predicted octanol–water partition coefficient (Wildman–Crippen LogP) is 3.41. The number of carbonyl (C=O) groups excluding carboxylic acids is 3. The van der Waals surface area contributed by atoms with E-state index in [0.717, 1.165) is 29.8 Å². The van der Waals surface area contributed by atoms with E-state index in [-0.39, 0.29) is 5.69 Å². The standard InChI is InChI=1S/C22H21F3N2O5/c1-14(26-19(28)12-5-15-3-10-18(31-2)11-4-15)21(30)32-13-20(29)27-17-8-6-16(7-9-17)22(23,24)25/h3-12,14H,13H2,1-2H3,(H,26,28)(H,27,29). The van der Waals surface area contributed by atoms with Crippen LogP contribution in [0.1, 0.15) is 18.1 Å². The second kappa shape index (κ2) is 11.0. The zero-order chi connectivity index (χ0) is 23.7. The third-order valence-corrected chi connectivity index (χ3v) is 4.10. The number of alkyl halides is 3. The number of anilines is 1. The lowest BCUT2D eigenvalue weighted by molar-refractivity contribution is -0.149. The SMILES string of the molecule is COc1ccc(C=CC(=O)NC(C)C(=O)OCC(=O)Nc2ccc(C(F)(F)F)cc2)cc1. The zero-order valence-corrected chi connectivity index (χ0v) is 17.2. The fraction of sp³-hybridized carbons (Fsp3) is 0.227. The third kappa shape index (κ3) is 7.78. The van der Waals surface area contributed by atoms with Gasteiger partial charge in [-0.3, -0.25) is 9.59 Å². The summed E-state index contributed by atoms with van der Waals surface area (Å²) in [6.07, 6.45) is -1.70. The number of carbonyl (C=O) groups is 3. The van der Waals surface area contributed by atoms with E-state index in [1.54, 1.807) is 30.3 Å². The molecule has 2 aromatic rings. The number of rotatable bonds is 8. The Morgan fingerprint density at radius 1 is 1.03 bits per heavy atom. The van der Waals surface area contributed by atoms with Crippen LogP contribution in [-0.4, -0.2) is 37.5 Å². The van der Waals surface area contributed by atoms with Crippen LogP contribution < -0.4 is 15.4 Å². The van der Waals surface area contributed by atoms with Gasteiger partial charge in [0.1, 0.15) is 11.8 Å². The van der Waals surface area contributed by atoms with Gasteiger partial charge < -0.3 is 20.1 Å². The van der Waals surface area contributed by atoms with Crippen LogP contribution in [0.25, 0.3) is 6.08 Å². The van der Waals surface area contributed by atoms with Crippen LogP contribution in [-0.2, 0) is 25.3 Å². The minimum absolute atomic E-state index is 0.115. The highest BCUT2D eigenvalue weighted by Gasteiger charge is 2.30. The highest BCUT2D eigenvalue weighted by molar-refractivity contribution is 5.96. The average Bonchev–Trinajstić information content (AvgIpc) is 2.76. The number of methoxy groups -OCH3 is 1. The van der Waals surface area contributed by atoms with Crippen molar-refractivity contribution < 1.29 is 37.0 Å². The van der Waals surface area contributed by atoms with Crippen LogP contribution in [0.4, 0.5) is 18.9 Å². The molecule has 0 aliphatic rings. The molecule has 10 heteroatoms. The smallest absolute Gasteiger partial charge is 0.416 e. The monoisotopic (exact) mass is 450 g/mol. The lowest BCUT2D eigenvalue weighted by Gasteiger charge is -2.12. The molecule has 0 fully saturated rings. The van der Waals surface area contributed by atoms with Crippen LogP contribution in [0.3, 0.4) is 0 Å². The Balaban J connectivity index is 1.77. The van der Waals surface area contributed by atoms with Gasteiger partial charge in [0, 0.05) is 11.8 Å². The summed E-state index contributed by atoms with van der Waals surface area (Å²) in [4.78, 5) is 35.7. The Labute approximate surface area is 182 Å². The normalized spacial score (nSPS) is 12.2. The van der Waals surface area contributed by atoms with Crippen LogP contribution in [0.15, 0.2) is 54.6 Å². The fourth-order valence-electron chi connectivity index (χ4n) is 2.41. The van der Waals surface area contributed by atoms with Crippen molar-refractivity contribution in [2.24, 2.45) is 0 Å². The fourth-order valence-corrected chi connectivity index (χ4v) is 2.41.